The van der Waals surface area contributed by atoms with Crippen molar-refractivity contribution >= 4 is 0 Å². The summed E-state index contributed by atoms with van der Waals surface area (Å²) in [5.74, 6) is 0. The van der Waals surface area contributed by atoms with E-state index in [4.69, 9.17) is 5.73 Å². The van der Waals surface area contributed by atoms with Crippen LogP contribution in [-0.2, 0) is 6.42 Å². The molecule has 0 aliphatic heterocycles. The Morgan fingerprint density at radius 2 is 2.60 bits per heavy atom. The van der Waals surface area contributed by atoms with Gasteiger partial charge >= 0.3 is 0 Å². The molecule has 3 N–H and O–H groups in total. The fraction of sp³-hybridized carbons (Fsp3) is 0.571. The molecule has 0 unspecified atom stereocenters. The van der Waals surface area contributed by atoms with Crippen LogP contribution in [0.5, 0.6) is 0 Å². The van der Waals surface area contributed by atoms with Gasteiger partial charge in [0.2, 0.25) is 0 Å². The normalized spacial score (nSPS) is 13.4. The molecular formula is C7H13N3. The van der Waals surface area contributed by atoms with Gasteiger partial charge in [-0.1, -0.05) is 0 Å². The Morgan fingerprint density at radius 1 is 1.80 bits per heavy atom. The highest BCUT2D eigenvalue weighted by Crippen LogP contribution is 1.97. The molecule has 0 bridgehead atoms. The summed E-state index contributed by atoms with van der Waals surface area (Å²) in [5.41, 5.74) is 6.74. The Balaban J connectivity index is 2.28. The minimum Gasteiger partial charge on any atom is -0.348 e. The first-order valence-electron chi connectivity index (χ1n) is 3.52. The summed E-state index contributed by atoms with van der Waals surface area (Å²) in [7, 11) is 0. The van der Waals surface area contributed by atoms with Crippen LogP contribution in [0.25, 0.3) is 0 Å². The highest BCUT2D eigenvalue weighted by Gasteiger charge is 1.96. The molecule has 0 aromatic carbocycles. The molecular weight excluding hydrogens is 126 g/mol. The predicted molar refractivity (Wildman–Crippen MR) is 40.6 cm³/mol. The molecule has 56 valence electrons. The van der Waals surface area contributed by atoms with Gasteiger partial charge in [-0.3, -0.25) is 0 Å². The van der Waals surface area contributed by atoms with E-state index >= 15 is 0 Å². The van der Waals surface area contributed by atoms with Crippen molar-refractivity contribution in [3.05, 3.63) is 18.2 Å². The Bertz CT molecular complexity index is 167. The van der Waals surface area contributed by atoms with Gasteiger partial charge in [-0.05, 0) is 19.8 Å². The maximum absolute atomic E-state index is 5.57. The topological polar surface area (TPSA) is 54.7 Å². The second kappa shape index (κ2) is 3.37. The highest BCUT2D eigenvalue weighted by molar-refractivity contribution is 4.94. The lowest BCUT2D eigenvalue weighted by atomic mass is 10.2. The van der Waals surface area contributed by atoms with Gasteiger partial charge in [0.05, 0.1) is 6.33 Å². The van der Waals surface area contributed by atoms with Gasteiger partial charge in [0, 0.05) is 17.9 Å². The molecule has 0 spiro atoms. The van der Waals surface area contributed by atoms with Crippen molar-refractivity contribution in [1.82, 2.24) is 9.97 Å². The zero-order valence-corrected chi connectivity index (χ0v) is 6.17. The number of rotatable bonds is 3. The van der Waals surface area contributed by atoms with Crippen molar-refractivity contribution in [2.75, 3.05) is 0 Å². The Morgan fingerprint density at radius 3 is 3.10 bits per heavy atom. The van der Waals surface area contributed by atoms with E-state index in [0.717, 1.165) is 18.5 Å². The van der Waals surface area contributed by atoms with Crippen LogP contribution in [-0.4, -0.2) is 16.0 Å². The Labute approximate surface area is 60.7 Å². The van der Waals surface area contributed by atoms with Crippen LogP contribution in [0.15, 0.2) is 12.5 Å². The monoisotopic (exact) mass is 139 g/mol. The summed E-state index contributed by atoms with van der Waals surface area (Å²) < 4.78 is 0. The van der Waals surface area contributed by atoms with E-state index in [1.54, 1.807) is 6.33 Å². The molecule has 0 aliphatic rings. The van der Waals surface area contributed by atoms with Crippen LogP contribution in [0, 0.1) is 0 Å². The van der Waals surface area contributed by atoms with E-state index in [9.17, 15) is 0 Å². The first kappa shape index (κ1) is 7.28. The smallest absolute Gasteiger partial charge is 0.0921 e. The molecule has 0 amide bonds. The molecule has 0 fully saturated rings. The van der Waals surface area contributed by atoms with Crippen LogP contribution in [0.4, 0.5) is 0 Å². The number of imidazole rings is 1. The van der Waals surface area contributed by atoms with Crippen LogP contribution >= 0.6 is 0 Å². The highest BCUT2D eigenvalue weighted by atomic mass is 14.9. The summed E-state index contributed by atoms with van der Waals surface area (Å²) in [5, 5.41) is 0. The van der Waals surface area contributed by atoms with Crippen LogP contribution < -0.4 is 5.73 Å². The summed E-state index contributed by atoms with van der Waals surface area (Å²) in [6.07, 6.45) is 5.54. The van der Waals surface area contributed by atoms with E-state index in [2.05, 4.69) is 9.97 Å². The van der Waals surface area contributed by atoms with E-state index in [0.29, 0.717) is 0 Å². The standard InChI is InChI=1S/C7H13N3/c1-6(8)2-3-7-4-9-5-10-7/h4-6H,2-3,8H2,1H3,(H,9,10)/t6-/m1/s1. The molecule has 1 heterocycles. The van der Waals surface area contributed by atoms with E-state index < -0.39 is 0 Å². The zero-order chi connectivity index (χ0) is 7.40. The molecule has 0 saturated carbocycles. The number of aromatic nitrogens is 2. The van der Waals surface area contributed by atoms with Gasteiger partial charge in [-0.25, -0.2) is 4.98 Å². The van der Waals surface area contributed by atoms with Crippen LogP contribution in [0.1, 0.15) is 19.0 Å². The van der Waals surface area contributed by atoms with Gasteiger partial charge in [0.15, 0.2) is 0 Å². The molecule has 3 heteroatoms. The van der Waals surface area contributed by atoms with Crippen LogP contribution in [0.3, 0.4) is 0 Å². The molecule has 1 rings (SSSR count). The van der Waals surface area contributed by atoms with Gasteiger partial charge in [-0.2, -0.15) is 0 Å². The van der Waals surface area contributed by atoms with Gasteiger partial charge in [0.25, 0.3) is 0 Å². The number of aromatic amines is 1. The summed E-state index contributed by atoms with van der Waals surface area (Å²) in [4.78, 5) is 6.93. The minimum absolute atomic E-state index is 0.281. The molecule has 0 aliphatic carbocycles. The molecule has 1 aromatic rings. The first-order valence-corrected chi connectivity index (χ1v) is 3.52. The molecule has 1 aromatic heterocycles. The second-order valence-electron chi connectivity index (χ2n) is 2.59. The number of hydrogen-bond donors (Lipinski definition) is 2. The Kier molecular flexibility index (Phi) is 2.45. The largest absolute Gasteiger partial charge is 0.348 e. The first-order chi connectivity index (χ1) is 4.79. The number of nitrogens with zero attached hydrogens (tertiary/aromatic N) is 1. The van der Waals surface area contributed by atoms with Crippen molar-refractivity contribution in [3.63, 3.8) is 0 Å². The quantitative estimate of drug-likeness (QED) is 0.647. The molecule has 10 heavy (non-hydrogen) atoms. The fourth-order valence-corrected chi connectivity index (χ4v) is 0.805. The second-order valence-corrected chi connectivity index (χ2v) is 2.59. The third-order valence-electron chi connectivity index (χ3n) is 1.42. The maximum Gasteiger partial charge on any atom is 0.0921 e. The van der Waals surface area contributed by atoms with Gasteiger partial charge in [0.1, 0.15) is 0 Å². The van der Waals surface area contributed by atoms with Crippen molar-refractivity contribution in [2.45, 2.75) is 25.8 Å². The summed E-state index contributed by atoms with van der Waals surface area (Å²) >= 11 is 0. The Hall–Kier alpha value is -0.830. The zero-order valence-electron chi connectivity index (χ0n) is 6.17. The fourth-order valence-electron chi connectivity index (χ4n) is 0.805. The van der Waals surface area contributed by atoms with Gasteiger partial charge < -0.3 is 10.7 Å². The van der Waals surface area contributed by atoms with Crippen LogP contribution in [0.2, 0.25) is 0 Å². The number of H-pyrrole nitrogens is 1. The lowest BCUT2D eigenvalue weighted by molar-refractivity contribution is 0.660. The average molecular weight is 139 g/mol. The number of aryl methyl sites for hydroxylation is 1. The van der Waals surface area contributed by atoms with E-state index in [1.807, 2.05) is 13.1 Å². The number of nitrogens with one attached hydrogen (secondary N) is 1. The lowest BCUT2D eigenvalue weighted by Gasteiger charge is -2.00. The third kappa shape index (κ3) is 2.19. The lowest BCUT2D eigenvalue weighted by Crippen LogP contribution is -2.15. The number of hydrogen-bond acceptors (Lipinski definition) is 2. The van der Waals surface area contributed by atoms with Crippen molar-refractivity contribution in [3.8, 4) is 0 Å². The van der Waals surface area contributed by atoms with Crippen molar-refractivity contribution in [1.29, 1.82) is 0 Å². The van der Waals surface area contributed by atoms with E-state index in [-0.39, 0.29) is 6.04 Å². The molecule has 0 radical (unpaired) electrons. The SMILES string of the molecule is C[C@@H](N)CCc1cnc[nH]1. The van der Waals surface area contributed by atoms with E-state index in [1.165, 1.54) is 0 Å². The average Bonchev–Trinajstić information content (AvgIpc) is 2.34. The maximum atomic E-state index is 5.57. The third-order valence-corrected chi connectivity index (χ3v) is 1.42. The molecule has 1 atom stereocenters. The number of nitrogens with two attached hydrogens (primary N) is 1. The summed E-state index contributed by atoms with van der Waals surface area (Å²) in [6, 6.07) is 0.281. The van der Waals surface area contributed by atoms with Crippen molar-refractivity contribution in [2.24, 2.45) is 5.73 Å². The minimum atomic E-state index is 0.281. The van der Waals surface area contributed by atoms with Crippen molar-refractivity contribution < 1.29 is 0 Å². The molecule has 0 saturated heterocycles. The molecule has 3 nitrogen and oxygen atoms in total. The summed E-state index contributed by atoms with van der Waals surface area (Å²) in [6.45, 7) is 2.01. The van der Waals surface area contributed by atoms with Gasteiger partial charge in [-0.15, -0.1) is 0 Å². The predicted octanol–water partition coefficient (Wildman–Crippen LogP) is 0.690.